The first-order chi connectivity index (χ1) is 8.35. The Bertz CT molecular complexity index is 421. The molecule has 17 heavy (non-hydrogen) atoms. The van der Waals surface area contributed by atoms with Gasteiger partial charge in [0.2, 0.25) is 0 Å². The van der Waals surface area contributed by atoms with Gasteiger partial charge in [-0.05, 0) is 25.0 Å². The van der Waals surface area contributed by atoms with Crippen molar-refractivity contribution in [1.29, 1.82) is 0 Å². The summed E-state index contributed by atoms with van der Waals surface area (Å²) in [7, 11) is 0. The first-order valence-electron chi connectivity index (χ1n) is 6.27. The van der Waals surface area contributed by atoms with Gasteiger partial charge in [-0.3, -0.25) is 4.79 Å². The number of rotatable bonds is 5. The molecule has 0 saturated heterocycles. The van der Waals surface area contributed by atoms with Gasteiger partial charge in [-0.25, -0.2) is 0 Å². The lowest BCUT2D eigenvalue weighted by atomic mass is 9.98. The van der Waals surface area contributed by atoms with E-state index in [9.17, 15) is 4.79 Å². The van der Waals surface area contributed by atoms with Gasteiger partial charge in [-0.1, -0.05) is 38.0 Å². The Morgan fingerprint density at radius 1 is 1.29 bits per heavy atom. The number of carbonyl (C=O) groups is 1. The van der Waals surface area contributed by atoms with Crippen LogP contribution in [0.3, 0.4) is 0 Å². The minimum Gasteiger partial charge on any atom is -0.485 e. The largest absolute Gasteiger partial charge is 0.485 e. The minimum absolute atomic E-state index is 0.0612. The molecule has 0 fully saturated rings. The van der Waals surface area contributed by atoms with E-state index in [1.807, 2.05) is 30.3 Å². The van der Waals surface area contributed by atoms with E-state index >= 15 is 0 Å². The van der Waals surface area contributed by atoms with Crippen LogP contribution in [0.5, 0.6) is 5.75 Å². The van der Waals surface area contributed by atoms with Crippen LogP contribution in [0.25, 0.3) is 6.08 Å². The third kappa shape index (κ3) is 2.76. The van der Waals surface area contributed by atoms with Gasteiger partial charge >= 0.3 is 0 Å². The zero-order chi connectivity index (χ0) is 12.1. The zero-order valence-electron chi connectivity index (χ0n) is 10.2. The van der Waals surface area contributed by atoms with Crippen LogP contribution in [-0.4, -0.2) is 12.4 Å². The van der Waals surface area contributed by atoms with Gasteiger partial charge in [-0.15, -0.1) is 0 Å². The Kier molecular flexibility index (Phi) is 3.97. The van der Waals surface area contributed by atoms with E-state index in [4.69, 9.17) is 4.74 Å². The summed E-state index contributed by atoms with van der Waals surface area (Å²) < 4.78 is 5.88. The highest BCUT2D eigenvalue weighted by Crippen LogP contribution is 2.30. The molecule has 0 amide bonds. The second-order valence-electron chi connectivity index (χ2n) is 4.40. The van der Waals surface area contributed by atoms with Crippen LogP contribution in [0.15, 0.2) is 29.8 Å². The molecule has 1 aliphatic heterocycles. The molecule has 1 unspecified atom stereocenters. The molecule has 1 aromatic rings. The number of aldehydes is 1. The van der Waals surface area contributed by atoms with Crippen molar-refractivity contribution in [3.05, 3.63) is 35.4 Å². The van der Waals surface area contributed by atoms with Gasteiger partial charge in [0.05, 0.1) is 0 Å². The fraction of sp³-hybridized carbons (Fsp3) is 0.400. The van der Waals surface area contributed by atoms with Crippen LogP contribution in [-0.2, 0) is 4.79 Å². The van der Waals surface area contributed by atoms with E-state index in [0.717, 1.165) is 36.0 Å². The fourth-order valence-corrected chi connectivity index (χ4v) is 2.12. The molecule has 90 valence electrons. The third-order valence-corrected chi connectivity index (χ3v) is 3.09. The lowest BCUT2D eigenvalue weighted by molar-refractivity contribution is -0.105. The Labute approximate surface area is 102 Å². The summed E-state index contributed by atoms with van der Waals surface area (Å²) in [5.74, 6) is 0.889. The summed E-state index contributed by atoms with van der Waals surface area (Å²) in [6, 6.07) is 7.85. The van der Waals surface area contributed by atoms with Crippen molar-refractivity contribution in [2.24, 2.45) is 0 Å². The number of fused-ring (bicyclic) bond motifs is 1. The molecule has 1 aromatic carbocycles. The fourth-order valence-electron chi connectivity index (χ4n) is 2.12. The highest BCUT2D eigenvalue weighted by molar-refractivity contribution is 5.85. The summed E-state index contributed by atoms with van der Waals surface area (Å²) in [5.41, 5.74) is 1.76. The monoisotopic (exact) mass is 230 g/mol. The molecular weight excluding hydrogens is 212 g/mol. The van der Waals surface area contributed by atoms with Gasteiger partial charge in [-0.2, -0.15) is 0 Å². The first kappa shape index (κ1) is 11.9. The molecule has 0 aliphatic carbocycles. The molecule has 2 rings (SSSR count). The van der Waals surface area contributed by atoms with Crippen LogP contribution in [0.4, 0.5) is 0 Å². The number of para-hydroxylation sites is 1. The summed E-state index contributed by atoms with van der Waals surface area (Å²) in [4.78, 5) is 11.1. The van der Waals surface area contributed by atoms with Crippen LogP contribution in [0.1, 0.15) is 38.2 Å². The molecule has 0 spiro atoms. The van der Waals surface area contributed by atoms with Crippen LogP contribution >= 0.6 is 0 Å². The molecule has 1 atom stereocenters. The zero-order valence-corrected chi connectivity index (χ0v) is 10.2. The Morgan fingerprint density at radius 2 is 2.12 bits per heavy atom. The maximum Gasteiger partial charge on any atom is 0.149 e. The smallest absolute Gasteiger partial charge is 0.149 e. The van der Waals surface area contributed by atoms with Gasteiger partial charge in [0.25, 0.3) is 0 Å². The first-order valence-corrected chi connectivity index (χ1v) is 6.27. The van der Waals surface area contributed by atoms with Crippen molar-refractivity contribution in [2.75, 3.05) is 0 Å². The number of hydrogen-bond acceptors (Lipinski definition) is 2. The predicted molar refractivity (Wildman–Crippen MR) is 69.0 cm³/mol. The second-order valence-corrected chi connectivity index (χ2v) is 4.40. The molecule has 2 nitrogen and oxygen atoms in total. The van der Waals surface area contributed by atoms with Crippen molar-refractivity contribution in [3.8, 4) is 5.75 Å². The maximum atomic E-state index is 11.1. The summed E-state index contributed by atoms with van der Waals surface area (Å²) in [6.07, 6.45) is 7.21. The quantitative estimate of drug-likeness (QED) is 0.570. The van der Waals surface area contributed by atoms with E-state index in [2.05, 4.69) is 6.92 Å². The van der Waals surface area contributed by atoms with Crippen molar-refractivity contribution in [3.63, 3.8) is 0 Å². The molecule has 2 heteroatoms. The summed E-state index contributed by atoms with van der Waals surface area (Å²) >= 11 is 0. The lowest BCUT2D eigenvalue weighted by Gasteiger charge is -2.24. The molecule has 1 aliphatic rings. The van der Waals surface area contributed by atoms with Gasteiger partial charge in [0.15, 0.2) is 0 Å². The number of benzene rings is 1. The summed E-state index contributed by atoms with van der Waals surface area (Å²) in [5, 5.41) is 0. The Morgan fingerprint density at radius 3 is 2.88 bits per heavy atom. The highest BCUT2D eigenvalue weighted by atomic mass is 16.5. The number of carbonyl (C=O) groups excluding carboxylic acids is 1. The van der Waals surface area contributed by atoms with Gasteiger partial charge in [0, 0.05) is 11.1 Å². The second kappa shape index (κ2) is 5.67. The summed E-state index contributed by atoms with van der Waals surface area (Å²) in [6.45, 7) is 2.17. The third-order valence-electron chi connectivity index (χ3n) is 3.09. The maximum absolute atomic E-state index is 11.1. The predicted octanol–water partition coefficient (Wildman–Crippen LogP) is 3.61. The molecule has 0 saturated carbocycles. The van der Waals surface area contributed by atoms with E-state index in [1.165, 1.54) is 12.8 Å². The lowest BCUT2D eigenvalue weighted by Crippen LogP contribution is -2.23. The van der Waals surface area contributed by atoms with Gasteiger partial charge in [0.1, 0.15) is 18.1 Å². The average Bonchev–Trinajstić information content (AvgIpc) is 2.38. The standard InChI is InChI=1S/C15H18O2/c1-2-3-4-8-15-13(11-16)10-12-7-5-6-9-14(12)17-15/h5-7,9-11,15H,2-4,8H2,1H3. The van der Waals surface area contributed by atoms with E-state index < -0.39 is 0 Å². The van der Waals surface area contributed by atoms with E-state index in [-0.39, 0.29) is 6.10 Å². The Hall–Kier alpha value is -1.57. The number of hydrogen-bond donors (Lipinski definition) is 0. The van der Waals surface area contributed by atoms with E-state index in [1.54, 1.807) is 0 Å². The average molecular weight is 230 g/mol. The molecule has 0 aromatic heterocycles. The van der Waals surface area contributed by atoms with Crippen molar-refractivity contribution < 1.29 is 9.53 Å². The minimum atomic E-state index is -0.0612. The molecule has 0 N–H and O–H groups in total. The van der Waals surface area contributed by atoms with Crippen LogP contribution < -0.4 is 4.74 Å². The van der Waals surface area contributed by atoms with Gasteiger partial charge < -0.3 is 4.74 Å². The number of unbranched alkanes of at least 4 members (excludes halogenated alkanes) is 2. The molecule has 0 radical (unpaired) electrons. The SMILES string of the molecule is CCCCCC1Oc2ccccc2C=C1C=O. The van der Waals surface area contributed by atoms with Crippen molar-refractivity contribution in [1.82, 2.24) is 0 Å². The molecule has 1 heterocycles. The van der Waals surface area contributed by atoms with Crippen LogP contribution in [0.2, 0.25) is 0 Å². The highest BCUT2D eigenvalue weighted by Gasteiger charge is 2.21. The molecule has 0 bridgehead atoms. The Balaban J connectivity index is 2.13. The van der Waals surface area contributed by atoms with Crippen molar-refractivity contribution >= 4 is 12.4 Å². The molecular formula is C15H18O2. The van der Waals surface area contributed by atoms with Crippen molar-refractivity contribution in [2.45, 2.75) is 38.7 Å². The topological polar surface area (TPSA) is 26.3 Å². The van der Waals surface area contributed by atoms with Crippen LogP contribution in [0, 0.1) is 0 Å². The normalized spacial score (nSPS) is 17.9. The van der Waals surface area contributed by atoms with E-state index in [0.29, 0.717) is 0 Å². The number of ether oxygens (including phenoxy) is 1.